The molecule has 0 unspecified atom stereocenters. The van der Waals surface area contributed by atoms with Gasteiger partial charge in [0.25, 0.3) is 11.8 Å². The number of hydrogen-bond donors (Lipinski definition) is 3. The number of piperazine rings is 1. The van der Waals surface area contributed by atoms with Gasteiger partial charge in [-0.15, -0.1) is 0 Å². The molecule has 0 aliphatic carbocycles. The van der Waals surface area contributed by atoms with Gasteiger partial charge >= 0.3 is 0 Å². The van der Waals surface area contributed by atoms with E-state index >= 15 is 0 Å². The molecule has 0 spiro atoms. The third-order valence-electron chi connectivity index (χ3n) is 5.77. The molecule has 1 fully saturated rings. The molecule has 2 aromatic rings. The first-order valence-corrected chi connectivity index (χ1v) is 10.8. The molecule has 1 heterocycles. The summed E-state index contributed by atoms with van der Waals surface area (Å²) in [7, 11) is 5.16. The fourth-order valence-corrected chi connectivity index (χ4v) is 4.01. The van der Waals surface area contributed by atoms with Gasteiger partial charge in [-0.2, -0.15) is 0 Å². The Morgan fingerprint density at radius 3 is 2.26 bits per heavy atom. The number of ether oxygens (including phenoxy) is 1. The van der Waals surface area contributed by atoms with Crippen LogP contribution < -0.4 is 19.9 Å². The predicted octanol–water partition coefficient (Wildman–Crippen LogP) is -0.372. The average molecular weight is 427 g/mol. The number of nitrogens with one attached hydrogen (secondary N) is 3. The van der Waals surface area contributed by atoms with Gasteiger partial charge in [-0.1, -0.05) is 11.6 Å². The lowest BCUT2D eigenvalue weighted by molar-refractivity contribution is -1.02. The van der Waals surface area contributed by atoms with Crippen LogP contribution in [-0.4, -0.2) is 70.6 Å². The van der Waals surface area contributed by atoms with Crippen LogP contribution in [-0.2, 0) is 11.3 Å². The molecule has 31 heavy (non-hydrogen) atoms. The summed E-state index contributed by atoms with van der Waals surface area (Å²) in [4.78, 5) is 28.8. The largest absolute Gasteiger partial charge is 0.496 e. The Bertz CT molecular complexity index is 904. The summed E-state index contributed by atoms with van der Waals surface area (Å²) in [5.41, 5.74) is 3.82. The third-order valence-corrected chi connectivity index (χ3v) is 5.77. The van der Waals surface area contributed by atoms with Crippen LogP contribution in [0.5, 0.6) is 5.75 Å². The summed E-state index contributed by atoms with van der Waals surface area (Å²) in [6.07, 6.45) is 0. The molecule has 7 nitrogen and oxygen atoms in total. The highest BCUT2D eigenvalue weighted by molar-refractivity contribution is 5.95. The monoisotopic (exact) mass is 426 g/mol. The summed E-state index contributed by atoms with van der Waals surface area (Å²) in [6.45, 7) is 7.50. The van der Waals surface area contributed by atoms with Crippen LogP contribution in [0.15, 0.2) is 42.5 Å². The molecule has 0 radical (unpaired) electrons. The number of anilines is 1. The minimum absolute atomic E-state index is 0.00508. The van der Waals surface area contributed by atoms with E-state index in [1.54, 1.807) is 45.5 Å². The topological polar surface area (TPSA) is 67.5 Å². The van der Waals surface area contributed by atoms with Gasteiger partial charge in [-0.3, -0.25) is 9.59 Å². The first kappa shape index (κ1) is 22.8. The maximum atomic E-state index is 12.5. The van der Waals surface area contributed by atoms with Gasteiger partial charge in [0.05, 0.1) is 7.11 Å². The lowest BCUT2D eigenvalue weighted by Crippen LogP contribution is -3.28. The summed E-state index contributed by atoms with van der Waals surface area (Å²) < 4.78 is 5.51. The zero-order valence-electron chi connectivity index (χ0n) is 19.0. The summed E-state index contributed by atoms with van der Waals surface area (Å²) in [5, 5.41) is 2.95. The number of carbonyl (C=O) groups excluding carboxylic acids is 2. The van der Waals surface area contributed by atoms with E-state index < -0.39 is 0 Å². The van der Waals surface area contributed by atoms with E-state index in [1.165, 1.54) is 25.8 Å². The number of hydrogen-bond acceptors (Lipinski definition) is 3. The van der Waals surface area contributed by atoms with Gasteiger partial charge in [0.1, 0.15) is 38.5 Å². The highest BCUT2D eigenvalue weighted by atomic mass is 16.5. The van der Waals surface area contributed by atoms with Crippen LogP contribution in [0.4, 0.5) is 5.69 Å². The number of methoxy groups -OCH3 is 1. The van der Waals surface area contributed by atoms with Crippen molar-refractivity contribution >= 4 is 17.5 Å². The Labute approximate surface area is 184 Å². The zero-order valence-corrected chi connectivity index (χ0v) is 19.0. The van der Waals surface area contributed by atoms with Crippen molar-refractivity contribution in [2.24, 2.45) is 0 Å². The Hall–Kier alpha value is -2.90. The van der Waals surface area contributed by atoms with Crippen molar-refractivity contribution in [2.75, 3.05) is 59.2 Å². The standard InChI is InChI=1S/C24H32N4O3/c1-18-5-10-22(31-4)20(15-18)16-27-11-13-28(14-12-27)17-23(29)25-21-8-6-19(7-9-21)24(30)26(2)3/h5-10,15H,11-14,16-17H2,1-4H3,(H,25,29)/p+2. The maximum Gasteiger partial charge on any atom is 0.279 e. The van der Waals surface area contributed by atoms with Gasteiger partial charge in [-0.25, -0.2) is 0 Å². The van der Waals surface area contributed by atoms with Crippen LogP contribution >= 0.6 is 0 Å². The lowest BCUT2D eigenvalue weighted by atomic mass is 10.1. The van der Waals surface area contributed by atoms with Crippen molar-refractivity contribution in [3.63, 3.8) is 0 Å². The Morgan fingerprint density at radius 1 is 1.00 bits per heavy atom. The fraction of sp³-hybridized carbons (Fsp3) is 0.417. The Morgan fingerprint density at radius 2 is 1.65 bits per heavy atom. The molecule has 3 rings (SSSR count). The minimum Gasteiger partial charge on any atom is -0.496 e. The first-order valence-electron chi connectivity index (χ1n) is 10.8. The minimum atomic E-state index is -0.0500. The van der Waals surface area contributed by atoms with Crippen LogP contribution in [0, 0.1) is 6.92 Å². The number of rotatable bonds is 7. The quantitative estimate of drug-likeness (QED) is 0.566. The second kappa shape index (κ2) is 10.4. The molecule has 0 atom stereocenters. The molecule has 2 amide bonds. The molecule has 0 saturated carbocycles. The van der Waals surface area contributed by atoms with E-state index in [1.807, 2.05) is 6.07 Å². The van der Waals surface area contributed by atoms with Gasteiger partial charge in [-0.05, 0) is 43.3 Å². The van der Waals surface area contributed by atoms with Crippen molar-refractivity contribution in [1.82, 2.24) is 4.90 Å². The third kappa shape index (κ3) is 6.29. The number of benzene rings is 2. The van der Waals surface area contributed by atoms with Crippen LogP contribution in [0.25, 0.3) is 0 Å². The molecule has 0 aromatic heterocycles. The summed E-state index contributed by atoms with van der Waals surface area (Å²) in [6, 6.07) is 13.4. The maximum absolute atomic E-state index is 12.5. The van der Waals surface area contributed by atoms with Crippen LogP contribution in [0.1, 0.15) is 21.5 Å². The van der Waals surface area contributed by atoms with Crippen molar-refractivity contribution in [3.8, 4) is 5.75 Å². The summed E-state index contributed by atoms with van der Waals surface area (Å²) in [5.74, 6) is 0.905. The second-order valence-corrected chi connectivity index (χ2v) is 8.49. The van der Waals surface area contributed by atoms with Crippen molar-refractivity contribution < 1.29 is 24.1 Å². The second-order valence-electron chi connectivity index (χ2n) is 8.49. The smallest absolute Gasteiger partial charge is 0.279 e. The molecular formula is C24H34N4O3+2. The molecule has 2 aromatic carbocycles. The normalized spacial score (nSPS) is 18.3. The molecule has 1 aliphatic rings. The molecule has 1 aliphatic heterocycles. The number of nitrogens with zero attached hydrogens (tertiary/aromatic N) is 1. The van der Waals surface area contributed by atoms with Crippen molar-refractivity contribution in [2.45, 2.75) is 13.5 Å². The molecule has 7 heteroatoms. The zero-order chi connectivity index (χ0) is 22.4. The Kier molecular flexibility index (Phi) is 7.65. The first-order chi connectivity index (χ1) is 14.9. The van der Waals surface area contributed by atoms with Gasteiger partial charge in [0, 0.05) is 30.9 Å². The van der Waals surface area contributed by atoms with E-state index in [9.17, 15) is 9.59 Å². The molecule has 166 valence electrons. The highest BCUT2D eigenvalue weighted by Gasteiger charge is 2.25. The Balaban J connectivity index is 1.46. The van der Waals surface area contributed by atoms with Crippen LogP contribution in [0.2, 0.25) is 0 Å². The molecule has 3 N–H and O–H groups in total. The van der Waals surface area contributed by atoms with E-state index in [0.717, 1.165) is 44.2 Å². The van der Waals surface area contributed by atoms with E-state index in [2.05, 4.69) is 24.4 Å². The van der Waals surface area contributed by atoms with Crippen molar-refractivity contribution in [1.29, 1.82) is 0 Å². The number of quaternary nitrogens is 2. The molecule has 0 bridgehead atoms. The van der Waals surface area contributed by atoms with Gasteiger partial charge < -0.3 is 24.8 Å². The predicted molar refractivity (Wildman–Crippen MR) is 121 cm³/mol. The highest BCUT2D eigenvalue weighted by Crippen LogP contribution is 2.18. The lowest BCUT2D eigenvalue weighted by Gasteiger charge is -2.29. The fourth-order valence-electron chi connectivity index (χ4n) is 4.01. The van der Waals surface area contributed by atoms with Gasteiger partial charge in [0.2, 0.25) is 0 Å². The van der Waals surface area contributed by atoms with E-state index in [-0.39, 0.29) is 11.8 Å². The average Bonchev–Trinajstić information content (AvgIpc) is 2.75. The number of amides is 2. The van der Waals surface area contributed by atoms with Gasteiger partial charge in [0.15, 0.2) is 6.54 Å². The molecule has 1 saturated heterocycles. The van der Waals surface area contributed by atoms with Crippen LogP contribution in [0.3, 0.4) is 0 Å². The summed E-state index contributed by atoms with van der Waals surface area (Å²) >= 11 is 0. The number of carbonyl (C=O) groups is 2. The van der Waals surface area contributed by atoms with E-state index in [0.29, 0.717) is 12.1 Å². The number of aryl methyl sites for hydroxylation is 1. The van der Waals surface area contributed by atoms with Crippen molar-refractivity contribution in [3.05, 3.63) is 59.2 Å². The SMILES string of the molecule is COc1ccc(C)cc1C[NH+]1CC[NH+](CC(=O)Nc2ccc(C(=O)N(C)C)cc2)CC1. The molecular weight excluding hydrogens is 392 g/mol. The van der Waals surface area contributed by atoms with E-state index in [4.69, 9.17) is 4.74 Å².